The van der Waals surface area contributed by atoms with E-state index >= 15 is 0 Å². The van der Waals surface area contributed by atoms with Crippen LogP contribution < -0.4 is 0 Å². The summed E-state index contributed by atoms with van der Waals surface area (Å²) in [5, 5.41) is 12.5. The molecule has 0 N–H and O–H groups in total. The lowest BCUT2D eigenvalue weighted by molar-refractivity contribution is 0.795. The first kappa shape index (κ1) is 8.69. The molecule has 8 nitrogen and oxygen atoms in total. The van der Waals surface area contributed by atoms with E-state index in [-0.39, 0.29) is 0 Å². The van der Waals surface area contributed by atoms with Crippen molar-refractivity contribution in [1.29, 1.82) is 0 Å². The Labute approximate surface area is 88.7 Å². The van der Waals surface area contributed by atoms with E-state index in [9.17, 15) is 0 Å². The van der Waals surface area contributed by atoms with Gasteiger partial charge in [-0.2, -0.15) is 10.2 Å². The lowest BCUT2D eigenvalue weighted by atomic mass is 10.3. The predicted molar refractivity (Wildman–Crippen MR) is 56.1 cm³/mol. The molecule has 0 bridgehead atoms. The Morgan fingerprint density at radius 1 is 1.50 bits per heavy atom. The molecule has 0 atom stereocenters. The molecule has 0 aliphatic rings. The Balaban J connectivity index is 2.61. The molecule has 0 aliphatic carbocycles. The van der Waals surface area contributed by atoms with Gasteiger partial charge in [-0.3, -0.25) is 4.68 Å². The zero-order chi connectivity index (χ0) is 11.1. The molecule has 3 rings (SSSR count). The highest BCUT2D eigenvalue weighted by molar-refractivity contribution is 5.96. The van der Waals surface area contributed by atoms with Gasteiger partial charge in [0.1, 0.15) is 5.52 Å². The van der Waals surface area contributed by atoms with Crippen LogP contribution in [0.15, 0.2) is 23.7 Å². The Bertz CT molecular complexity index is 729. The number of hydrogen-bond donors (Lipinski definition) is 0. The zero-order valence-corrected chi connectivity index (χ0v) is 8.31. The number of imidazole rings is 1. The third-order valence-electron chi connectivity index (χ3n) is 2.36. The first-order chi connectivity index (χ1) is 7.81. The summed E-state index contributed by atoms with van der Waals surface area (Å²) in [6.45, 7) is 0. The van der Waals surface area contributed by atoms with Crippen LogP contribution in [0.3, 0.4) is 0 Å². The van der Waals surface area contributed by atoms with Gasteiger partial charge in [0.2, 0.25) is 0 Å². The van der Waals surface area contributed by atoms with Crippen molar-refractivity contribution in [3.8, 4) is 0 Å². The van der Waals surface area contributed by atoms with Crippen LogP contribution in [0, 0.1) is 0 Å². The van der Waals surface area contributed by atoms with Crippen molar-refractivity contribution in [2.75, 3.05) is 0 Å². The molecular formula is C8H6N8. The molecular weight excluding hydrogens is 208 g/mol. The Morgan fingerprint density at radius 3 is 3.19 bits per heavy atom. The highest BCUT2D eigenvalue weighted by atomic mass is 15.3. The lowest BCUT2D eigenvalue weighted by Crippen LogP contribution is -1.96. The third-order valence-corrected chi connectivity index (χ3v) is 2.36. The van der Waals surface area contributed by atoms with Gasteiger partial charge in [-0.15, -0.1) is 0 Å². The maximum Gasteiger partial charge on any atom is 0.179 e. The summed E-state index contributed by atoms with van der Waals surface area (Å²) in [4.78, 5) is 6.93. The summed E-state index contributed by atoms with van der Waals surface area (Å²) < 4.78 is 3.24. The topological polar surface area (TPSA) is 96.8 Å². The zero-order valence-electron chi connectivity index (χ0n) is 8.31. The number of azide groups is 1. The van der Waals surface area contributed by atoms with E-state index < -0.39 is 0 Å². The Morgan fingerprint density at radius 2 is 2.38 bits per heavy atom. The van der Waals surface area contributed by atoms with Crippen molar-refractivity contribution in [3.63, 3.8) is 0 Å². The van der Waals surface area contributed by atoms with Gasteiger partial charge < -0.3 is 0 Å². The molecule has 3 aromatic rings. The van der Waals surface area contributed by atoms with Crippen LogP contribution in [0.1, 0.15) is 0 Å². The average Bonchev–Trinajstić information content (AvgIpc) is 2.85. The molecule has 0 aromatic carbocycles. The monoisotopic (exact) mass is 214 g/mol. The molecule has 3 heterocycles. The molecule has 16 heavy (non-hydrogen) atoms. The minimum Gasteiger partial charge on any atom is -0.264 e. The number of fused-ring (bicyclic) bond motifs is 3. The molecule has 0 saturated carbocycles. The fraction of sp³-hybridized carbons (Fsp3) is 0.125. The molecule has 0 unspecified atom stereocenters. The second-order valence-electron chi connectivity index (χ2n) is 3.24. The molecule has 8 heteroatoms. The van der Waals surface area contributed by atoms with E-state index in [1.165, 1.54) is 0 Å². The molecule has 0 spiro atoms. The van der Waals surface area contributed by atoms with Gasteiger partial charge in [-0.05, 0) is 10.6 Å². The summed E-state index contributed by atoms with van der Waals surface area (Å²) >= 11 is 0. The first-order valence-corrected chi connectivity index (χ1v) is 4.51. The van der Waals surface area contributed by atoms with Crippen molar-refractivity contribution in [1.82, 2.24) is 24.4 Å². The number of nitrogens with zero attached hydrogens (tertiary/aromatic N) is 8. The summed E-state index contributed by atoms with van der Waals surface area (Å²) in [5.41, 5.74) is 9.96. The van der Waals surface area contributed by atoms with E-state index in [0.29, 0.717) is 16.9 Å². The van der Waals surface area contributed by atoms with Crippen LogP contribution in [-0.4, -0.2) is 24.4 Å². The smallest absolute Gasteiger partial charge is 0.179 e. The van der Waals surface area contributed by atoms with Crippen LogP contribution in [0.2, 0.25) is 0 Å². The minimum atomic E-state index is 0.302. The number of rotatable bonds is 1. The molecule has 0 fully saturated rings. The van der Waals surface area contributed by atoms with Crippen LogP contribution in [0.4, 0.5) is 5.82 Å². The van der Waals surface area contributed by atoms with Gasteiger partial charge in [-0.25, -0.2) is 9.50 Å². The maximum absolute atomic E-state index is 8.47. The molecule has 0 radical (unpaired) electrons. The van der Waals surface area contributed by atoms with Gasteiger partial charge in [0.25, 0.3) is 0 Å². The standard InChI is InChI=1S/C8H6N8/c1-15-6-5(4-11-15)7(12-14-9)13-16-3-2-10-8(6)16/h2-4H,1H3. The molecule has 0 amide bonds. The molecule has 0 saturated heterocycles. The lowest BCUT2D eigenvalue weighted by Gasteiger charge is -1.99. The first-order valence-electron chi connectivity index (χ1n) is 4.51. The molecule has 0 aliphatic heterocycles. The van der Waals surface area contributed by atoms with Gasteiger partial charge in [0.05, 0.1) is 11.6 Å². The Hall–Kier alpha value is -2.60. The third kappa shape index (κ3) is 0.984. The van der Waals surface area contributed by atoms with E-state index in [4.69, 9.17) is 5.53 Å². The van der Waals surface area contributed by atoms with E-state index in [1.54, 1.807) is 34.8 Å². The van der Waals surface area contributed by atoms with E-state index in [0.717, 1.165) is 5.52 Å². The highest BCUT2D eigenvalue weighted by Crippen LogP contribution is 2.25. The van der Waals surface area contributed by atoms with Gasteiger partial charge >= 0.3 is 0 Å². The largest absolute Gasteiger partial charge is 0.264 e. The minimum absolute atomic E-state index is 0.302. The van der Waals surface area contributed by atoms with Gasteiger partial charge in [0, 0.05) is 24.4 Å². The van der Waals surface area contributed by atoms with Crippen molar-refractivity contribution in [3.05, 3.63) is 29.0 Å². The number of aromatic nitrogens is 5. The number of hydrogen-bond acceptors (Lipinski definition) is 4. The van der Waals surface area contributed by atoms with E-state index in [2.05, 4.69) is 25.2 Å². The normalized spacial score (nSPS) is 10.8. The van der Waals surface area contributed by atoms with Crippen molar-refractivity contribution in [2.45, 2.75) is 0 Å². The highest BCUT2D eigenvalue weighted by Gasteiger charge is 2.11. The van der Waals surface area contributed by atoms with Crippen molar-refractivity contribution in [2.24, 2.45) is 12.2 Å². The Kier molecular flexibility index (Phi) is 1.60. The van der Waals surface area contributed by atoms with Crippen molar-refractivity contribution >= 4 is 22.4 Å². The summed E-state index contributed by atoms with van der Waals surface area (Å²) in [7, 11) is 1.80. The van der Waals surface area contributed by atoms with Gasteiger partial charge in [0.15, 0.2) is 11.5 Å². The van der Waals surface area contributed by atoms with Crippen LogP contribution >= 0.6 is 0 Å². The fourth-order valence-electron chi connectivity index (χ4n) is 1.69. The predicted octanol–water partition coefficient (Wildman–Crippen LogP) is 1.56. The van der Waals surface area contributed by atoms with Crippen LogP contribution in [-0.2, 0) is 7.05 Å². The summed E-state index contributed by atoms with van der Waals surface area (Å²) in [6.07, 6.45) is 4.94. The summed E-state index contributed by atoms with van der Waals surface area (Å²) in [6, 6.07) is 0. The SMILES string of the molecule is Cn1ncc2c(N=[N+]=[N-])nn3ccnc3c21. The second kappa shape index (κ2) is 2.94. The van der Waals surface area contributed by atoms with Crippen LogP contribution in [0.25, 0.3) is 27.0 Å². The average molecular weight is 214 g/mol. The van der Waals surface area contributed by atoms with Crippen LogP contribution in [0.5, 0.6) is 0 Å². The fourth-order valence-corrected chi connectivity index (χ4v) is 1.69. The quantitative estimate of drug-likeness (QED) is 0.349. The van der Waals surface area contributed by atoms with Gasteiger partial charge in [-0.1, -0.05) is 0 Å². The van der Waals surface area contributed by atoms with Crippen molar-refractivity contribution < 1.29 is 0 Å². The molecule has 3 aromatic heterocycles. The maximum atomic E-state index is 8.47. The van der Waals surface area contributed by atoms with E-state index in [1.807, 2.05) is 0 Å². The molecule has 78 valence electrons. The second-order valence-corrected chi connectivity index (χ2v) is 3.24. The summed E-state index contributed by atoms with van der Waals surface area (Å²) in [5.74, 6) is 0.302. The number of aryl methyl sites for hydroxylation is 1.